The Labute approximate surface area is 155 Å². The molecule has 25 heavy (non-hydrogen) atoms. The molecule has 0 N–H and O–H groups in total. The van der Waals surface area contributed by atoms with Gasteiger partial charge in [-0.25, -0.2) is 4.68 Å². The van der Waals surface area contributed by atoms with Gasteiger partial charge in [-0.15, -0.1) is 22.6 Å². The van der Waals surface area contributed by atoms with Crippen molar-refractivity contribution in [2.45, 2.75) is 6.54 Å². The maximum absolute atomic E-state index is 5.76. The maximum atomic E-state index is 5.76. The molecule has 0 bridgehead atoms. The third-order valence-electron chi connectivity index (χ3n) is 3.59. The van der Waals surface area contributed by atoms with Crippen LogP contribution in [0.5, 0.6) is 0 Å². The molecule has 0 fully saturated rings. The van der Waals surface area contributed by atoms with Crippen LogP contribution in [0.2, 0.25) is 5.15 Å². The second kappa shape index (κ2) is 7.46. The second-order valence-corrected chi connectivity index (χ2v) is 5.69. The minimum atomic E-state index is 0. The number of halogens is 2. The molecule has 3 aromatic heterocycles. The normalized spacial score (nSPS) is 10.4. The SMILES string of the molecule is Cl.Clc1ccc(-n2cc(-c3cnn(Cc4ccccc4)c3)cn2)nn1. The molecule has 0 saturated carbocycles. The van der Waals surface area contributed by atoms with Crippen LogP contribution in [0.15, 0.2) is 67.3 Å². The van der Waals surface area contributed by atoms with Gasteiger partial charge in [0.05, 0.1) is 18.9 Å². The van der Waals surface area contributed by atoms with Crippen LogP contribution in [0.25, 0.3) is 16.9 Å². The van der Waals surface area contributed by atoms with Gasteiger partial charge in [0, 0.05) is 23.5 Å². The van der Waals surface area contributed by atoms with Crippen LogP contribution in [0.4, 0.5) is 0 Å². The molecule has 4 rings (SSSR count). The number of rotatable bonds is 4. The van der Waals surface area contributed by atoms with Crippen molar-refractivity contribution in [2.24, 2.45) is 0 Å². The molecule has 3 heterocycles. The lowest BCUT2D eigenvalue weighted by molar-refractivity contribution is 0.687. The molecule has 126 valence electrons. The van der Waals surface area contributed by atoms with Crippen LogP contribution in [0, 0.1) is 0 Å². The summed E-state index contributed by atoms with van der Waals surface area (Å²) in [6.07, 6.45) is 7.50. The third kappa shape index (κ3) is 3.87. The highest BCUT2D eigenvalue weighted by Crippen LogP contribution is 2.19. The topological polar surface area (TPSA) is 61.4 Å². The van der Waals surface area contributed by atoms with E-state index in [1.807, 2.05) is 41.5 Å². The van der Waals surface area contributed by atoms with Gasteiger partial charge in [0.25, 0.3) is 0 Å². The van der Waals surface area contributed by atoms with Crippen molar-refractivity contribution < 1.29 is 0 Å². The monoisotopic (exact) mass is 372 g/mol. The lowest BCUT2D eigenvalue weighted by Crippen LogP contribution is -1.99. The Morgan fingerprint density at radius 1 is 0.840 bits per heavy atom. The Morgan fingerprint density at radius 2 is 1.60 bits per heavy atom. The molecule has 0 saturated heterocycles. The number of benzene rings is 1. The first-order chi connectivity index (χ1) is 11.8. The van der Waals surface area contributed by atoms with E-state index in [1.54, 1.807) is 23.0 Å². The van der Waals surface area contributed by atoms with Crippen LogP contribution in [0.1, 0.15) is 5.56 Å². The van der Waals surface area contributed by atoms with Crippen LogP contribution in [-0.2, 0) is 6.54 Å². The summed E-state index contributed by atoms with van der Waals surface area (Å²) in [5.74, 6) is 0.613. The number of hydrogen-bond acceptors (Lipinski definition) is 4. The van der Waals surface area contributed by atoms with E-state index in [-0.39, 0.29) is 12.4 Å². The Balaban J connectivity index is 0.00000182. The molecule has 4 aromatic rings. The molecule has 1 aromatic carbocycles. The van der Waals surface area contributed by atoms with Gasteiger partial charge in [-0.1, -0.05) is 41.9 Å². The number of nitrogens with zero attached hydrogens (tertiary/aromatic N) is 6. The minimum absolute atomic E-state index is 0. The molecule has 6 nitrogen and oxygen atoms in total. The Hall–Kier alpha value is -2.70. The van der Waals surface area contributed by atoms with Gasteiger partial charge in [-0.05, 0) is 17.7 Å². The van der Waals surface area contributed by atoms with Crippen LogP contribution in [0.3, 0.4) is 0 Å². The third-order valence-corrected chi connectivity index (χ3v) is 3.79. The van der Waals surface area contributed by atoms with Crippen molar-refractivity contribution in [3.05, 3.63) is 78.0 Å². The first-order valence-corrected chi connectivity index (χ1v) is 7.77. The fraction of sp³-hybridized carbons (Fsp3) is 0.0588. The second-order valence-electron chi connectivity index (χ2n) is 5.30. The number of aromatic nitrogens is 6. The highest BCUT2D eigenvalue weighted by atomic mass is 35.5. The standard InChI is InChI=1S/C17H13ClN6.ClH/c18-16-6-7-17(22-21-16)24-12-15(9-20-24)14-8-19-23(11-14)10-13-4-2-1-3-5-13;/h1-9,11-12H,10H2;1H. The average Bonchev–Trinajstić information content (AvgIpc) is 3.26. The predicted molar refractivity (Wildman–Crippen MR) is 98.2 cm³/mol. The predicted octanol–water partition coefficient (Wildman–Crippen LogP) is 3.65. The van der Waals surface area contributed by atoms with Crippen LogP contribution >= 0.6 is 24.0 Å². The van der Waals surface area contributed by atoms with Crippen molar-refractivity contribution in [2.75, 3.05) is 0 Å². The van der Waals surface area contributed by atoms with Gasteiger partial charge < -0.3 is 0 Å². The highest BCUT2D eigenvalue weighted by molar-refractivity contribution is 6.29. The van der Waals surface area contributed by atoms with Crippen molar-refractivity contribution >= 4 is 24.0 Å². The first kappa shape index (κ1) is 17.1. The number of hydrogen-bond donors (Lipinski definition) is 0. The van der Waals surface area contributed by atoms with Crippen LogP contribution < -0.4 is 0 Å². The quantitative estimate of drug-likeness (QED) is 0.548. The smallest absolute Gasteiger partial charge is 0.175 e. The van der Waals surface area contributed by atoms with Gasteiger partial charge in [0.2, 0.25) is 0 Å². The van der Waals surface area contributed by atoms with E-state index in [4.69, 9.17) is 11.6 Å². The lowest BCUT2D eigenvalue weighted by Gasteiger charge is -2.00. The van der Waals surface area contributed by atoms with Gasteiger partial charge in [0.1, 0.15) is 0 Å². The fourth-order valence-electron chi connectivity index (χ4n) is 2.40. The molecule has 0 atom stereocenters. The van der Waals surface area contributed by atoms with Gasteiger partial charge in [0.15, 0.2) is 11.0 Å². The van der Waals surface area contributed by atoms with Crippen molar-refractivity contribution in [3.8, 4) is 16.9 Å². The Morgan fingerprint density at radius 3 is 2.36 bits per heavy atom. The molecule has 0 aliphatic carbocycles. The molecular weight excluding hydrogens is 359 g/mol. The molecule has 0 radical (unpaired) electrons. The fourth-order valence-corrected chi connectivity index (χ4v) is 2.50. The summed E-state index contributed by atoms with van der Waals surface area (Å²) in [5.41, 5.74) is 3.17. The Bertz CT molecular complexity index is 947. The van der Waals surface area contributed by atoms with E-state index >= 15 is 0 Å². The molecule has 0 spiro atoms. The molecule has 0 aliphatic rings. The zero-order valence-electron chi connectivity index (χ0n) is 13.0. The first-order valence-electron chi connectivity index (χ1n) is 7.39. The summed E-state index contributed by atoms with van der Waals surface area (Å²) in [5, 5.41) is 16.9. The van der Waals surface area contributed by atoms with E-state index in [9.17, 15) is 0 Å². The summed E-state index contributed by atoms with van der Waals surface area (Å²) in [7, 11) is 0. The zero-order chi connectivity index (χ0) is 16.4. The zero-order valence-corrected chi connectivity index (χ0v) is 14.6. The van der Waals surface area contributed by atoms with E-state index in [2.05, 4.69) is 32.5 Å². The van der Waals surface area contributed by atoms with Crippen LogP contribution in [-0.4, -0.2) is 29.8 Å². The summed E-state index contributed by atoms with van der Waals surface area (Å²) in [6.45, 7) is 0.734. The largest absolute Gasteiger partial charge is 0.268 e. The van der Waals surface area contributed by atoms with Crippen molar-refractivity contribution in [1.82, 2.24) is 29.8 Å². The summed E-state index contributed by atoms with van der Waals surface area (Å²) in [4.78, 5) is 0. The van der Waals surface area contributed by atoms with Gasteiger partial charge in [-0.3, -0.25) is 4.68 Å². The summed E-state index contributed by atoms with van der Waals surface area (Å²) >= 11 is 5.76. The molecule has 0 amide bonds. The maximum Gasteiger partial charge on any atom is 0.175 e. The average molecular weight is 373 g/mol. The van der Waals surface area contributed by atoms with E-state index in [0.29, 0.717) is 11.0 Å². The summed E-state index contributed by atoms with van der Waals surface area (Å²) in [6, 6.07) is 13.7. The molecule has 8 heteroatoms. The van der Waals surface area contributed by atoms with Gasteiger partial charge in [-0.2, -0.15) is 10.2 Å². The van der Waals surface area contributed by atoms with E-state index in [1.165, 1.54) is 5.56 Å². The van der Waals surface area contributed by atoms with Crippen molar-refractivity contribution in [3.63, 3.8) is 0 Å². The molecule has 0 aliphatic heterocycles. The molecule has 0 unspecified atom stereocenters. The van der Waals surface area contributed by atoms with Gasteiger partial charge >= 0.3 is 0 Å². The molecular formula is C17H14Cl2N6. The van der Waals surface area contributed by atoms with Crippen molar-refractivity contribution in [1.29, 1.82) is 0 Å². The lowest BCUT2D eigenvalue weighted by atomic mass is 10.2. The van der Waals surface area contributed by atoms with E-state index < -0.39 is 0 Å². The minimum Gasteiger partial charge on any atom is -0.268 e. The Kier molecular flexibility index (Phi) is 5.11. The summed E-state index contributed by atoms with van der Waals surface area (Å²) < 4.78 is 3.57. The highest BCUT2D eigenvalue weighted by Gasteiger charge is 2.07. The van der Waals surface area contributed by atoms with E-state index in [0.717, 1.165) is 17.7 Å².